The van der Waals surface area contributed by atoms with E-state index in [0.29, 0.717) is 0 Å². The summed E-state index contributed by atoms with van der Waals surface area (Å²) in [6.45, 7) is 2.04. The summed E-state index contributed by atoms with van der Waals surface area (Å²) in [6.07, 6.45) is 3.63. The monoisotopic (exact) mass is 136 g/mol. The molecule has 1 aromatic heterocycles. The van der Waals surface area contributed by atoms with Crippen molar-refractivity contribution in [3.63, 3.8) is 0 Å². The molecule has 10 heavy (non-hydrogen) atoms. The maximum Gasteiger partial charge on any atom is 0.0557 e. The van der Waals surface area contributed by atoms with Crippen LogP contribution in [0.4, 0.5) is 5.69 Å². The van der Waals surface area contributed by atoms with E-state index in [1.165, 1.54) is 30.5 Å². The fraction of sp³-hybridized carbons (Fsp3) is 0.500. The molecule has 0 radical (unpaired) electrons. The first kappa shape index (κ1) is 5.83. The Hall–Kier alpha value is -0.920. The molecule has 0 aliphatic heterocycles. The van der Waals surface area contributed by atoms with E-state index in [1.54, 1.807) is 0 Å². The van der Waals surface area contributed by atoms with Gasteiger partial charge in [-0.15, -0.1) is 0 Å². The Labute approximate surface area is 60.4 Å². The summed E-state index contributed by atoms with van der Waals surface area (Å²) >= 11 is 0. The van der Waals surface area contributed by atoms with E-state index in [9.17, 15) is 0 Å². The molecule has 1 aliphatic rings. The van der Waals surface area contributed by atoms with Gasteiger partial charge in [0.25, 0.3) is 0 Å². The summed E-state index contributed by atoms with van der Waals surface area (Å²) in [5.41, 5.74) is 10.7. The number of anilines is 1. The summed E-state index contributed by atoms with van der Waals surface area (Å²) < 4.78 is 0. The van der Waals surface area contributed by atoms with Crippen LogP contribution in [0, 0.1) is 6.92 Å². The third kappa shape index (κ3) is 0.589. The van der Waals surface area contributed by atoms with Crippen LogP contribution >= 0.6 is 0 Å². The van der Waals surface area contributed by atoms with Crippen LogP contribution in [0.3, 0.4) is 0 Å². The van der Waals surface area contributed by atoms with Crippen LogP contribution in [0.1, 0.15) is 23.4 Å². The Balaban J connectivity index is 2.59. The fourth-order valence-electron chi connectivity index (χ4n) is 1.70. The van der Waals surface area contributed by atoms with E-state index in [4.69, 9.17) is 5.73 Å². The molecule has 0 unspecified atom stereocenters. The van der Waals surface area contributed by atoms with Crippen LogP contribution in [0.2, 0.25) is 0 Å². The first-order valence-electron chi connectivity index (χ1n) is 3.75. The summed E-state index contributed by atoms with van der Waals surface area (Å²) in [5, 5.41) is 0. The first-order chi connectivity index (χ1) is 4.79. The van der Waals surface area contributed by atoms with Gasteiger partial charge in [0, 0.05) is 11.4 Å². The van der Waals surface area contributed by atoms with Crippen molar-refractivity contribution in [1.29, 1.82) is 0 Å². The lowest BCUT2D eigenvalue weighted by molar-refractivity contribution is 0.889. The molecule has 0 bridgehead atoms. The van der Waals surface area contributed by atoms with Crippen molar-refractivity contribution in [2.45, 2.75) is 26.2 Å². The molecule has 2 nitrogen and oxygen atoms in total. The molecule has 0 amide bonds. The number of aryl methyl sites for hydroxylation is 2. The Morgan fingerprint density at radius 3 is 2.90 bits per heavy atom. The van der Waals surface area contributed by atoms with Crippen molar-refractivity contribution in [2.24, 2.45) is 0 Å². The predicted octanol–water partition coefficient (Wildman–Crippen LogP) is 1.39. The summed E-state index contributed by atoms with van der Waals surface area (Å²) in [4.78, 5) is 3.30. The van der Waals surface area contributed by atoms with Gasteiger partial charge in [-0.25, -0.2) is 0 Å². The van der Waals surface area contributed by atoms with E-state index in [1.807, 2.05) is 6.92 Å². The molecule has 2 heteroatoms. The van der Waals surface area contributed by atoms with E-state index in [2.05, 4.69) is 4.98 Å². The van der Waals surface area contributed by atoms with Gasteiger partial charge in [-0.2, -0.15) is 0 Å². The zero-order chi connectivity index (χ0) is 7.14. The van der Waals surface area contributed by atoms with E-state index in [0.717, 1.165) is 11.4 Å². The molecule has 1 aliphatic carbocycles. The number of aromatic nitrogens is 1. The molecule has 1 aromatic rings. The van der Waals surface area contributed by atoms with Crippen molar-refractivity contribution in [1.82, 2.24) is 4.98 Å². The van der Waals surface area contributed by atoms with Gasteiger partial charge in [-0.1, -0.05) is 0 Å². The van der Waals surface area contributed by atoms with Crippen LogP contribution in [0.25, 0.3) is 0 Å². The van der Waals surface area contributed by atoms with Gasteiger partial charge >= 0.3 is 0 Å². The van der Waals surface area contributed by atoms with Gasteiger partial charge < -0.3 is 10.7 Å². The number of hydrogen-bond acceptors (Lipinski definition) is 1. The van der Waals surface area contributed by atoms with Crippen molar-refractivity contribution in [3.05, 3.63) is 17.0 Å². The fourth-order valence-corrected chi connectivity index (χ4v) is 1.70. The number of fused-ring (bicyclic) bond motifs is 1. The van der Waals surface area contributed by atoms with Gasteiger partial charge in [0.05, 0.1) is 5.69 Å². The minimum absolute atomic E-state index is 0.993. The number of H-pyrrole nitrogens is 1. The maximum absolute atomic E-state index is 5.82. The quantitative estimate of drug-likeness (QED) is 0.556. The molecule has 3 N–H and O–H groups in total. The van der Waals surface area contributed by atoms with Gasteiger partial charge in [-0.05, 0) is 31.7 Å². The highest BCUT2D eigenvalue weighted by Gasteiger charge is 2.16. The first-order valence-corrected chi connectivity index (χ1v) is 3.75. The number of nitrogen functional groups attached to an aromatic ring is 1. The summed E-state index contributed by atoms with van der Waals surface area (Å²) in [6, 6.07) is 0. The third-order valence-electron chi connectivity index (χ3n) is 2.29. The minimum atomic E-state index is 0.993. The molecule has 54 valence electrons. The normalized spacial score (nSPS) is 15.7. The standard InChI is InChI=1S/C8H12N2/c1-5-8(9)6-3-2-4-7(6)10-5/h10H,2-4,9H2,1H3. The molecule has 0 fully saturated rings. The second kappa shape index (κ2) is 1.78. The molecular weight excluding hydrogens is 124 g/mol. The average molecular weight is 136 g/mol. The largest absolute Gasteiger partial charge is 0.397 e. The van der Waals surface area contributed by atoms with Crippen molar-refractivity contribution < 1.29 is 0 Å². The van der Waals surface area contributed by atoms with Crippen molar-refractivity contribution in [2.75, 3.05) is 5.73 Å². The molecule has 1 heterocycles. The van der Waals surface area contributed by atoms with E-state index >= 15 is 0 Å². The smallest absolute Gasteiger partial charge is 0.0557 e. The highest BCUT2D eigenvalue weighted by atomic mass is 14.8. The van der Waals surface area contributed by atoms with Crippen molar-refractivity contribution in [3.8, 4) is 0 Å². The van der Waals surface area contributed by atoms with Gasteiger partial charge in [0.2, 0.25) is 0 Å². The maximum atomic E-state index is 5.82. The molecule has 0 atom stereocenters. The van der Waals surface area contributed by atoms with Crippen LogP contribution in [0.15, 0.2) is 0 Å². The number of aromatic amines is 1. The molecule has 0 aromatic carbocycles. The molecule has 2 rings (SSSR count). The Bertz CT molecular complexity index is 260. The second-order valence-electron chi connectivity index (χ2n) is 2.97. The van der Waals surface area contributed by atoms with Crippen LogP contribution in [0.5, 0.6) is 0 Å². The molecule has 0 spiro atoms. The number of hydrogen-bond donors (Lipinski definition) is 2. The Morgan fingerprint density at radius 2 is 2.20 bits per heavy atom. The van der Waals surface area contributed by atoms with E-state index < -0.39 is 0 Å². The SMILES string of the molecule is Cc1[nH]c2c(c1N)CCC2. The topological polar surface area (TPSA) is 41.8 Å². The van der Waals surface area contributed by atoms with Gasteiger partial charge in [-0.3, -0.25) is 0 Å². The number of rotatable bonds is 0. The highest BCUT2D eigenvalue weighted by molar-refractivity contribution is 5.55. The van der Waals surface area contributed by atoms with Crippen LogP contribution in [-0.2, 0) is 12.8 Å². The van der Waals surface area contributed by atoms with Gasteiger partial charge in [0.1, 0.15) is 0 Å². The number of nitrogens with two attached hydrogens (primary N) is 1. The molecule has 0 saturated heterocycles. The van der Waals surface area contributed by atoms with Crippen LogP contribution in [-0.4, -0.2) is 4.98 Å². The highest BCUT2D eigenvalue weighted by Crippen LogP contribution is 2.28. The lowest BCUT2D eigenvalue weighted by atomic mass is 10.2. The zero-order valence-corrected chi connectivity index (χ0v) is 6.20. The number of nitrogens with one attached hydrogen (secondary N) is 1. The Kier molecular flexibility index (Phi) is 1.04. The third-order valence-corrected chi connectivity index (χ3v) is 2.29. The Morgan fingerprint density at radius 1 is 1.40 bits per heavy atom. The lowest BCUT2D eigenvalue weighted by Gasteiger charge is -1.91. The predicted molar refractivity (Wildman–Crippen MR) is 42.0 cm³/mol. The van der Waals surface area contributed by atoms with E-state index in [-0.39, 0.29) is 0 Å². The second-order valence-corrected chi connectivity index (χ2v) is 2.97. The minimum Gasteiger partial charge on any atom is -0.397 e. The van der Waals surface area contributed by atoms with Crippen molar-refractivity contribution >= 4 is 5.69 Å². The average Bonchev–Trinajstić information content (AvgIpc) is 2.41. The van der Waals surface area contributed by atoms with Crippen LogP contribution < -0.4 is 5.73 Å². The summed E-state index contributed by atoms with van der Waals surface area (Å²) in [5.74, 6) is 0. The van der Waals surface area contributed by atoms with Gasteiger partial charge in [0.15, 0.2) is 0 Å². The summed E-state index contributed by atoms with van der Waals surface area (Å²) in [7, 11) is 0. The lowest BCUT2D eigenvalue weighted by Crippen LogP contribution is -1.89. The zero-order valence-electron chi connectivity index (χ0n) is 6.20. The molecule has 0 saturated carbocycles. The molecular formula is C8H12N2.